The van der Waals surface area contributed by atoms with Gasteiger partial charge in [-0.1, -0.05) is 6.07 Å². The molecule has 0 unspecified atom stereocenters. The predicted octanol–water partition coefficient (Wildman–Crippen LogP) is 2.76. The molecular weight excluding hydrogens is 322 g/mol. The van der Waals surface area contributed by atoms with Crippen molar-refractivity contribution in [1.82, 2.24) is 9.78 Å². The van der Waals surface area contributed by atoms with Crippen LogP contribution in [0.25, 0.3) is 0 Å². The Morgan fingerprint density at radius 3 is 2.95 bits per heavy atom. The third-order valence-electron chi connectivity index (χ3n) is 2.86. The maximum atomic E-state index is 12.0. The molecule has 5 nitrogen and oxygen atoms in total. The van der Waals surface area contributed by atoms with Gasteiger partial charge in [0.15, 0.2) is 0 Å². The van der Waals surface area contributed by atoms with E-state index in [2.05, 4.69) is 26.3 Å². The van der Waals surface area contributed by atoms with E-state index in [4.69, 9.17) is 4.74 Å². The van der Waals surface area contributed by atoms with Gasteiger partial charge in [0.25, 0.3) is 0 Å². The van der Waals surface area contributed by atoms with Crippen molar-refractivity contribution in [3.63, 3.8) is 0 Å². The van der Waals surface area contributed by atoms with Crippen molar-refractivity contribution in [3.8, 4) is 5.75 Å². The summed E-state index contributed by atoms with van der Waals surface area (Å²) < 4.78 is 7.76. The van der Waals surface area contributed by atoms with Crippen LogP contribution >= 0.6 is 15.9 Å². The Bertz CT molecular complexity index is 610. The number of aryl methyl sites for hydroxylation is 2. The molecule has 1 aromatic carbocycles. The number of benzene rings is 1. The lowest BCUT2D eigenvalue weighted by molar-refractivity contribution is -0.116. The van der Waals surface area contributed by atoms with E-state index in [1.807, 2.05) is 31.4 Å². The van der Waals surface area contributed by atoms with Crippen LogP contribution < -0.4 is 10.1 Å². The van der Waals surface area contributed by atoms with Gasteiger partial charge in [0, 0.05) is 24.1 Å². The highest BCUT2D eigenvalue weighted by molar-refractivity contribution is 9.10. The Morgan fingerprint density at radius 2 is 2.30 bits per heavy atom. The maximum absolute atomic E-state index is 12.0. The van der Waals surface area contributed by atoms with Crippen LogP contribution in [0.3, 0.4) is 0 Å². The van der Waals surface area contributed by atoms with E-state index in [0.717, 1.165) is 10.0 Å². The van der Waals surface area contributed by atoms with Crippen LogP contribution in [0.5, 0.6) is 5.75 Å². The minimum absolute atomic E-state index is 0.0564. The lowest BCUT2D eigenvalue weighted by Gasteiger charge is -2.11. The molecule has 0 atom stereocenters. The Morgan fingerprint density at radius 1 is 1.50 bits per heavy atom. The van der Waals surface area contributed by atoms with Crippen molar-refractivity contribution in [2.24, 2.45) is 7.05 Å². The number of methoxy groups -OCH3 is 1. The van der Waals surface area contributed by atoms with E-state index < -0.39 is 0 Å². The Hall–Kier alpha value is -1.82. The molecule has 1 aromatic heterocycles. The number of hydrogen-bond acceptors (Lipinski definition) is 3. The zero-order valence-electron chi connectivity index (χ0n) is 11.4. The predicted molar refractivity (Wildman–Crippen MR) is 80.9 cm³/mol. The Balaban J connectivity index is 1.98. The Kier molecular flexibility index (Phi) is 4.79. The van der Waals surface area contributed by atoms with Crippen molar-refractivity contribution >= 4 is 27.5 Å². The van der Waals surface area contributed by atoms with Gasteiger partial charge in [0.05, 0.1) is 19.0 Å². The van der Waals surface area contributed by atoms with Crippen LogP contribution in [0.1, 0.15) is 12.0 Å². The van der Waals surface area contributed by atoms with Crippen LogP contribution in [0, 0.1) is 0 Å². The molecule has 0 spiro atoms. The number of hydrogen-bond donors (Lipinski definition) is 1. The summed E-state index contributed by atoms with van der Waals surface area (Å²) >= 11 is 3.41. The van der Waals surface area contributed by atoms with Gasteiger partial charge in [0.1, 0.15) is 5.75 Å². The molecule has 0 bridgehead atoms. The van der Waals surface area contributed by atoms with E-state index in [9.17, 15) is 4.79 Å². The summed E-state index contributed by atoms with van der Waals surface area (Å²) in [6.45, 7) is 0. The number of rotatable bonds is 5. The summed E-state index contributed by atoms with van der Waals surface area (Å²) in [5.41, 5.74) is 1.70. The summed E-state index contributed by atoms with van der Waals surface area (Å²) in [6, 6.07) is 5.52. The quantitative estimate of drug-likeness (QED) is 0.912. The first-order chi connectivity index (χ1) is 9.60. The molecule has 0 saturated carbocycles. The number of carbonyl (C=O) groups excluding carboxylic acids is 1. The number of halogens is 1. The second-order valence-corrected chi connectivity index (χ2v) is 5.24. The third-order valence-corrected chi connectivity index (χ3v) is 3.52. The standard InChI is InChI=1S/C14H16BrN3O2/c1-18-9-10(8-16-18)6-7-13(19)17-14-11(15)4-3-5-12(14)20-2/h3-5,8-9H,6-7H2,1-2H3,(H,17,19). The third kappa shape index (κ3) is 3.60. The fraction of sp³-hybridized carbons (Fsp3) is 0.286. The van der Waals surface area contributed by atoms with Crippen LogP contribution in [-0.4, -0.2) is 22.8 Å². The van der Waals surface area contributed by atoms with Gasteiger partial charge in [0.2, 0.25) is 5.91 Å². The summed E-state index contributed by atoms with van der Waals surface area (Å²) in [7, 11) is 3.43. The van der Waals surface area contributed by atoms with E-state index in [1.54, 1.807) is 18.0 Å². The number of aromatic nitrogens is 2. The van der Waals surface area contributed by atoms with Gasteiger partial charge in [-0.2, -0.15) is 5.10 Å². The van der Waals surface area contributed by atoms with Gasteiger partial charge in [-0.3, -0.25) is 9.48 Å². The molecule has 20 heavy (non-hydrogen) atoms. The topological polar surface area (TPSA) is 56.1 Å². The molecule has 1 N–H and O–H groups in total. The molecule has 1 amide bonds. The average Bonchev–Trinajstić information content (AvgIpc) is 2.84. The SMILES string of the molecule is COc1cccc(Br)c1NC(=O)CCc1cnn(C)c1. The number of nitrogens with zero attached hydrogens (tertiary/aromatic N) is 2. The molecule has 2 rings (SSSR count). The van der Waals surface area contributed by atoms with Crippen molar-refractivity contribution in [2.45, 2.75) is 12.8 Å². The zero-order chi connectivity index (χ0) is 14.5. The fourth-order valence-electron chi connectivity index (χ4n) is 1.86. The van der Waals surface area contributed by atoms with Crippen LogP contribution in [-0.2, 0) is 18.3 Å². The highest BCUT2D eigenvalue weighted by Gasteiger charge is 2.11. The molecule has 0 fully saturated rings. The summed E-state index contributed by atoms with van der Waals surface area (Å²) in [4.78, 5) is 12.0. The number of anilines is 1. The molecular formula is C14H16BrN3O2. The number of para-hydroxylation sites is 1. The highest BCUT2D eigenvalue weighted by Crippen LogP contribution is 2.32. The summed E-state index contributed by atoms with van der Waals surface area (Å²) in [5.74, 6) is 0.577. The molecule has 0 radical (unpaired) electrons. The van der Waals surface area contributed by atoms with Crippen molar-refractivity contribution in [2.75, 3.05) is 12.4 Å². The molecule has 0 aliphatic heterocycles. The molecule has 6 heteroatoms. The van der Waals surface area contributed by atoms with Gasteiger partial charge >= 0.3 is 0 Å². The second kappa shape index (κ2) is 6.56. The number of ether oxygens (including phenoxy) is 1. The zero-order valence-corrected chi connectivity index (χ0v) is 13.0. The Labute approximate surface area is 126 Å². The van der Waals surface area contributed by atoms with Crippen molar-refractivity contribution < 1.29 is 9.53 Å². The minimum atomic E-state index is -0.0564. The molecule has 1 heterocycles. The molecule has 106 valence electrons. The number of nitrogens with one attached hydrogen (secondary N) is 1. The second-order valence-electron chi connectivity index (χ2n) is 4.39. The summed E-state index contributed by atoms with van der Waals surface area (Å²) in [5, 5.41) is 6.95. The first-order valence-corrected chi connectivity index (χ1v) is 6.99. The normalized spacial score (nSPS) is 10.3. The lowest BCUT2D eigenvalue weighted by atomic mass is 10.2. The summed E-state index contributed by atoms with van der Waals surface area (Å²) in [6.07, 6.45) is 4.74. The highest BCUT2D eigenvalue weighted by atomic mass is 79.9. The average molecular weight is 338 g/mol. The van der Waals surface area contributed by atoms with E-state index in [-0.39, 0.29) is 5.91 Å². The first kappa shape index (κ1) is 14.6. The van der Waals surface area contributed by atoms with Gasteiger partial charge in [-0.15, -0.1) is 0 Å². The number of carbonyl (C=O) groups is 1. The van der Waals surface area contributed by atoms with Gasteiger partial charge in [-0.05, 0) is 40.0 Å². The largest absolute Gasteiger partial charge is 0.495 e. The first-order valence-electron chi connectivity index (χ1n) is 6.20. The number of amides is 1. The van der Waals surface area contributed by atoms with Crippen molar-refractivity contribution in [3.05, 3.63) is 40.6 Å². The smallest absolute Gasteiger partial charge is 0.224 e. The molecule has 0 aliphatic carbocycles. The van der Waals surface area contributed by atoms with E-state index in [1.165, 1.54) is 0 Å². The molecule has 2 aromatic rings. The maximum Gasteiger partial charge on any atom is 0.224 e. The fourth-order valence-corrected chi connectivity index (χ4v) is 2.30. The van der Waals surface area contributed by atoms with E-state index >= 15 is 0 Å². The monoisotopic (exact) mass is 337 g/mol. The minimum Gasteiger partial charge on any atom is -0.495 e. The van der Waals surface area contributed by atoms with Crippen LogP contribution in [0.2, 0.25) is 0 Å². The van der Waals surface area contributed by atoms with Crippen molar-refractivity contribution in [1.29, 1.82) is 0 Å². The lowest BCUT2D eigenvalue weighted by Crippen LogP contribution is -2.13. The molecule has 0 aliphatic rings. The van der Waals surface area contributed by atoms with E-state index in [0.29, 0.717) is 24.3 Å². The van der Waals surface area contributed by atoms with Gasteiger partial charge < -0.3 is 10.1 Å². The molecule has 0 saturated heterocycles. The van der Waals surface area contributed by atoms with Gasteiger partial charge in [-0.25, -0.2) is 0 Å². The van der Waals surface area contributed by atoms with Crippen LogP contribution in [0.15, 0.2) is 35.1 Å². The van der Waals surface area contributed by atoms with Crippen LogP contribution in [0.4, 0.5) is 5.69 Å².